The maximum absolute atomic E-state index is 13.3. The number of aliphatic hydroxyl groups is 1. The Morgan fingerprint density at radius 3 is 2.69 bits per heavy atom. The minimum absolute atomic E-state index is 0.0943. The van der Waals surface area contributed by atoms with Crippen LogP contribution in [0.25, 0.3) is 0 Å². The Hall–Kier alpha value is -0.810. The van der Waals surface area contributed by atoms with Crippen molar-refractivity contribution in [1.82, 2.24) is 0 Å². The summed E-state index contributed by atoms with van der Waals surface area (Å²) in [7, 11) is 1.36. The molecule has 1 rings (SSSR count). The first-order valence-electron chi connectivity index (χ1n) is 3.46. The van der Waals surface area contributed by atoms with Crippen molar-refractivity contribution in [2.24, 2.45) is 0 Å². The number of phenols is 1. The summed E-state index contributed by atoms with van der Waals surface area (Å²) >= 11 is 2.94. The Bertz CT molecular complexity index is 328. The second-order valence-corrected chi connectivity index (χ2v) is 3.16. The lowest BCUT2D eigenvalue weighted by Gasteiger charge is -2.08. The van der Waals surface area contributed by atoms with Crippen molar-refractivity contribution in [2.75, 3.05) is 7.11 Å². The number of aliphatic hydroxyl groups excluding tert-OH is 1. The number of benzene rings is 1. The largest absolute Gasteiger partial charge is 0.507 e. The molecule has 1 aromatic rings. The van der Waals surface area contributed by atoms with E-state index in [9.17, 15) is 9.50 Å². The molecule has 13 heavy (non-hydrogen) atoms. The van der Waals surface area contributed by atoms with Crippen LogP contribution in [0.1, 0.15) is 5.56 Å². The molecular formula is C8H8BrFO3. The molecule has 0 spiro atoms. The van der Waals surface area contributed by atoms with E-state index in [1.165, 1.54) is 13.2 Å². The predicted molar refractivity (Wildman–Crippen MR) is 48.2 cm³/mol. The number of hydrogen-bond donors (Lipinski definition) is 2. The molecule has 0 unspecified atom stereocenters. The maximum atomic E-state index is 13.3. The minimum atomic E-state index is -0.709. The maximum Gasteiger partial charge on any atom is 0.150 e. The summed E-state index contributed by atoms with van der Waals surface area (Å²) in [5.74, 6) is -0.841. The van der Waals surface area contributed by atoms with Crippen molar-refractivity contribution < 1.29 is 19.3 Å². The molecule has 0 atom stereocenters. The fraction of sp³-hybridized carbons (Fsp3) is 0.250. The third kappa shape index (κ3) is 1.76. The molecule has 0 aromatic heterocycles. The van der Waals surface area contributed by atoms with Crippen LogP contribution in [-0.2, 0) is 6.61 Å². The van der Waals surface area contributed by atoms with Gasteiger partial charge in [0.1, 0.15) is 17.3 Å². The van der Waals surface area contributed by atoms with E-state index in [1.54, 1.807) is 0 Å². The average Bonchev–Trinajstić information content (AvgIpc) is 2.12. The molecule has 0 aliphatic carbocycles. The number of methoxy groups -OCH3 is 1. The lowest BCUT2D eigenvalue weighted by Crippen LogP contribution is -1.95. The lowest BCUT2D eigenvalue weighted by atomic mass is 10.2. The van der Waals surface area contributed by atoms with E-state index in [0.29, 0.717) is 0 Å². The number of ether oxygens (including phenoxy) is 1. The Kier molecular flexibility index (Phi) is 3.11. The molecule has 0 radical (unpaired) electrons. The number of halogens is 2. The molecule has 0 amide bonds. The van der Waals surface area contributed by atoms with Gasteiger partial charge in [-0.25, -0.2) is 4.39 Å². The van der Waals surface area contributed by atoms with Gasteiger partial charge in [-0.15, -0.1) is 0 Å². The van der Waals surface area contributed by atoms with Crippen molar-refractivity contribution in [1.29, 1.82) is 0 Å². The van der Waals surface area contributed by atoms with Gasteiger partial charge < -0.3 is 14.9 Å². The van der Waals surface area contributed by atoms with Gasteiger partial charge in [0, 0.05) is 6.07 Å². The molecule has 2 N–H and O–H groups in total. The highest BCUT2D eigenvalue weighted by Gasteiger charge is 2.15. The monoisotopic (exact) mass is 250 g/mol. The van der Waals surface area contributed by atoms with Gasteiger partial charge in [0.05, 0.1) is 23.8 Å². The first-order valence-corrected chi connectivity index (χ1v) is 4.25. The molecule has 72 valence electrons. The van der Waals surface area contributed by atoms with E-state index in [1.807, 2.05) is 0 Å². The molecule has 0 fully saturated rings. The van der Waals surface area contributed by atoms with Gasteiger partial charge in [0.2, 0.25) is 0 Å². The Morgan fingerprint density at radius 1 is 1.62 bits per heavy atom. The van der Waals surface area contributed by atoms with Gasteiger partial charge in [-0.2, -0.15) is 0 Å². The number of aromatic hydroxyl groups is 1. The Labute approximate surface area is 82.9 Å². The van der Waals surface area contributed by atoms with E-state index in [4.69, 9.17) is 9.84 Å². The van der Waals surface area contributed by atoms with Crippen LogP contribution in [0.15, 0.2) is 10.5 Å². The average molecular weight is 251 g/mol. The van der Waals surface area contributed by atoms with Gasteiger partial charge in [-0.1, -0.05) is 0 Å². The molecule has 0 bridgehead atoms. The first kappa shape index (κ1) is 10.3. The summed E-state index contributed by atoms with van der Waals surface area (Å²) in [6.07, 6.45) is 0. The fourth-order valence-corrected chi connectivity index (χ4v) is 1.44. The summed E-state index contributed by atoms with van der Waals surface area (Å²) in [5, 5.41) is 18.0. The van der Waals surface area contributed by atoms with Gasteiger partial charge in [0.25, 0.3) is 0 Å². The van der Waals surface area contributed by atoms with Crippen molar-refractivity contribution >= 4 is 15.9 Å². The molecule has 0 saturated heterocycles. The van der Waals surface area contributed by atoms with E-state index in [2.05, 4.69) is 15.9 Å². The fourth-order valence-electron chi connectivity index (χ4n) is 0.927. The Morgan fingerprint density at radius 2 is 2.23 bits per heavy atom. The standard InChI is InChI=1S/C8H8BrFO3/c1-13-6-2-5(12)4(3-11)8(10)7(6)9/h2,11-12H,3H2,1H3. The number of hydrogen-bond acceptors (Lipinski definition) is 3. The smallest absolute Gasteiger partial charge is 0.150 e. The van der Waals surface area contributed by atoms with Gasteiger partial charge in [0.15, 0.2) is 0 Å². The lowest BCUT2D eigenvalue weighted by molar-refractivity contribution is 0.267. The summed E-state index contributed by atoms with van der Waals surface area (Å²) in [6, 6.07) is 1.23. The quantitative estimate of drug-likeness (QED) is 0.842. The highest BCUT2D eigenvalue weighted by molar-refractivity contribution is 9.10. The molecule has 0 aliphatic rings. The molecule has 0 saturated carbocycles. The zero-order valence-electron chi connectivity index (χ0n) is 6.84. The van der Waals surface area contributed by atoms with Crippen LogP contribution in [0.2, 0.25) is 0 Å². The zero-order chi connectivity index (χ0) is 10.0. The summed E-state index contributed by atoms with van der Waals surface area (Å²) < 4.78 is 18.1. The van der Waals surface area contributed by atoms with Crippen molar-refractivity contribution in [3.05, 3.63) is 21.9 Å². The highest BCUT2D eigenvalue weighted by atomic mass is 79.9. The molecule has 0 aliphatic heterocycles. The van der Waals surface area contributed by atoms with Gasteiger partial charge >= 0.3 is 0 Å². The predicted octanol–water partition coefficient (Wildman–Crippen LogP) is 1.79. The van der Waals surface area contributed by atoms with Crippen LogP contribution >= 0.6 is 15.9 Å². The first-order chi connectivity index (χ1) is 6.11. The van der Waals surface area contributed by atoms with Crippen LogP contribution in [-0.4, -0.2) is 17.3 Å². The van der Waals surface area contributed by atoms with E-state index in [0.717, 1.165) is 0 Å². The van der Waals surface area contributed by atoms with E-state index in [-0.39, 0.29) is 21.5 Å². The van der Waals surface area contributed by atoms with Crippen LogP contribution in [0, 0.1) is 5.82 Å². The molecule has 0 heterocycles. The summed E-state index contributed by atoms with van der Waals surface area (Å²) in [4.78, 5) is 0. The highest BCUT2D eigenvalue weighted by Crippen LogP contribution is 2.35. The van der Waals surface area contributed by atoms with Crippen molar-refractivity contribution in [3.8, 4) is 11.5 Å². The van der Waals surface area contributed by atoms with E-state index >= 15 is 0 Å². The van der Waals surface area contributed by atoms with Crippen molar-refractivity contribution in [2.45, 2.75) is 6.61 Å². The molecule has 1 aromatic carbocycles. The summed E-state index contributed by atoms with van der Waals surface area (Å²) in [6.45, 7) is -0.555. The summed E-state index contributed by atoms with van der Waals surface area (Å²) in [5.41, 5.74) is -0.146. The van der Waals surface area contributed by atoms with Crippen LogP contribution in [0.4, 0.5) is 4.39 Å². The van der Waals surface area contributed by atoms with Crippen LogP contribution in [0.5, 0.6) is 11.5 Å². The van der Waals surface area contributed by atoms with Gasteiger partial charge in [-0.05, 0) is 15.9 Å². The molecular weight excluding hydrogens is 243 g/mol. The van der Waals surface area contributed by atoms with E-state index < -0.39 is 12.4 Å². The second-order valence-electron chi connectivity index (χ2n) is 2.36. The zero-order valence-corrected chi connectivity index (χ0v) is 8.43. The topological polar surface area (TPSA) is 49.7 Å². The Balaban J connectivity index is 3.37. The van der Waals surface area contributed by atoms with Crippen LogP contribution < -0.4 is 4.74 Å². The second kappa shape index (κ2) is 3.93. The van der Waals surface area contributed by atoms with Crippen molar-refractivity contribution in [3.63, 3.8) is 0 Å². The number of rotatable bonds is 2. The molecule has 5 heteroatoms. The third-order valence-electron chi connectivity index (χ3n) is 1.63. The third-order valence-corrected chi connectivity index (χ3v) is 2.37. The van der Waals surface area contributed by atoms with Crippen LogP contribution in [0.3, 0.4) is 0 Å². The SMILES string of the molecule is COc1cc(O)c(CO)c(F)c1Br. The normalized spacial score (nSPS) is 10.2. The molecule has 3 nitrogen and oxygen atoms in total. The van der Waals surface area contributed by atoms with Gasteiger partial charge in [-0.3, -0.25) is 0 Å². The minimum Gasteiger partial charge on any atom is -0.507 e.